The Morgan fingerprint density at radius 1 is 1.14 bits per heavy atom. The summed E-state index contributed by atoms with van der Waals surface area (Å²) in [6, 6.07) is 5.59. The van der Waals surface area contributed by atoms with Crippen LogP contribution in [0.25, 0.3) is 0 Å². The van der Waals surface area contributed by atoms with Gasteiger partial charge in [-0.25, -0.2) is 4.79 Å². The SMILES string of the molecule is Cc1oc(=O)oc1COCOCOc1ccc([N+](=O)[O-])cc1. The largest absolute Gasteiger partial charge is 0.519 e. The van der Waals surface area contributed by atoms with Crippen molar-refractivity contribution in [1.29, 1.82) is 0 Å². The van der Waals surface area contributed by atoms with Gasteiger partial charge in [0.2, 0.25) is 0 Å². The molecule has 22 heavy (non-hydrogen) atoms. The van der Waals surface area contributed by atoms with Crippen LogP contribution in [-0.2, 0) is 16.1 Å². The zero-order valence-corrected chi connectivity index (χ0v) is 11.6. The molecule has 2 rings (SSSR count). The van der Waals surface area contributed by atoms with E-state index in [1.54, 1.807) is 6.92 Å². The summed E-state index contributed by atoms with van der Waals surface area (Å²) in [6.07, 6.45) is 0. The first-order chi connectivity index (χ1) is 10.6. The molecule has 1 aromatic carbocycles. The molecule has 9 heteroatoms. The van der Waals surface area contributed by atoms with Gasteiger partial charge in [-0.3, -0.25) is 10.1 Å². The molecule has 0 aliphatic carbocycles. The molecule has 0 radical (unpaired) electrons. The van der Waals surface area contributed by atoms with Crippen molar-refractivity contribution in [2.75, 3.05) is 13.6 Å². The zero-order chi connectivity index (χ0) is 15.9. The van der Waals surface area contributed by atoms with E-state index >= 15 is 0 Å². The number of hydrogen-bond donors (Lipinski definition) is 0. The topological polar surface area (TPSA) is 114 Å². The van der Waals surface area contributed by atoms with E-state index in [1.807, 2.05) is 0 Å². The number of nitrogens with zero attached hydrogens (tertiary/aromatic N) is 1. The van der Waals surface area contributed by atoms with Crippen molar-refractivity contribution in [2.24, 2.45) is 0 Å². The third kappa shape index (κ3) is 4.43. The summed E-state index contributed by atoms with van der Waals surface area (Å²) >= 11 is 0. The average molecular weight is 311 g/mol. The van der Waals surface area contributed by atoms with Crippen LogP contribution >= 0.6 is 0 Å². The van der Waals surface area contributed by atoms with Gasteiger partial charge in [0.25, 0.3) is 5.69 Å². The van der Waals surface area contributed by atoms with Crippen LogP contribution in [0.2, 0.25) is 0 Å². The molecule has 2 aromatic rings. The van der Waals surface area contributed by atoms with Crippen molar-refractivity contribution < 1.29 is 28.0 Å². The normalized spacial score (nSPS) is 10.6. The Morgan fingerprint density at radius 3 is 2.45 bits per heavy atom. The zero-order valence-electron chi connectivity index (χ0n) is 11.6. The number of non-ortho nitro benzene ring substituents is 1. The Hall–Kier alpha value is -2.65. The van der Waals surface area contributed by atoms with Gasteiger partial charge in [0.05, 0.1) is 4.92 Å². The maximum absolute atomic E-state index is 10.8. The highest BCUT2D eigenvalue weighted by Gasteiger charge is 2.08. The molecule has 1 aromatic heterocycles. The Bertz CT molecular complexity index is 672. The summed E-state index contributed by atoms with van der Waals surface area (Å²) < 4.78 is 24.8. The van der Waals surface area contributed by atoms with Crippen LogP contribution < -0.4 is 10.6 Å². The molecule has 0 N–H and O–H groups in total. The summed E-state index contributed by atoms with van der Waals surface area (Å²) in [5, 5.41) is 10.5. The maximum Gasteiger partial charge on any atom is 0.519 e. The fourth-order valence-corrected chi connectivity index (χ4v) is 1.51. The van der Waals surface area contributed by atoms with Crippen molar-refractivity contribution in [3.8, 4) is 5.75 Å². The average Bonchev–Trinajstić information content (AvgIpc) is 2.81. The molecule has 0 atom stereocenters. The van der Waals surface area contributed by atoms with E-state index in [1.165, 1.54) is 24.3 Å². The lowest BCUT2D eigenvalue weighted by Gasteiger charge is -2.07. The first-order valence-corrected chi connectivity index (χ1v) is 6.18. The minimum absolute atomic E-state index is 0.0198. The van der Waals surface area contributed by atoms with E-state index < -0.39 is 10.7 Å². The lowest BCUT2D eigenvalue weighted by molar-refractivity contribution is -0.384. The second-order valence-corrected chi connectivity index (χ2v) is 4.12. The van der Waals surface area contributed by atoms with Crippen molar-refractivity contribution in [1.82, 2.24) is 0 Å². The fraction of sp³-hybridized carbons (Fsp3) is 0.308. The van der Waals surface area contributed by atoms with Gasteiger partial charge in [-0.15, -0.1) is 0 Å². The van der Waals surface area contributed by atoms with Crippen LogP contribution in [0, 0.1) is 17.0 Å². The first kappa shape index (κ1) is 15.7. The molecular weight excluding hydrogens is 298 g/mol. The summed E-state index contributed by atoms with van der Waals surface area (Å²) in [5.41, 5.74) is -0.0198. The lowest BCUT2D eigenvalue weighted by atomic mass is 10.3. The number of rotatable bonds is 8. The predicted octanol–water partition coefficient (Wildman–Crippen LogP) is 1.98. The van der Waals surface area contributed by atoms with Gasteiger partial charge in [-0.2, -0.15) is 0 Å². The molecule has 118 valence electrons. The summed E-state index contributed by atoms with van der Waals surface area (Å²) in [5.74, 6) is 0.304. The van der Waals surface area contributed by atoms with Gasteiger partial charge >= 0.3 is 5.82 Å². The summed E-state index contributed by atoms with van der Waals surface area (Å²) in [6.45, 7) is 1.45. The van der Waals surface area contributed by atoms with Crippen molar-refractivity contribution in [3.05, 3.63) is 56.5 Å². The number of nitro benzene ring substituents is 1. The lowest BCUT2D eigenvalue weighted by Crippen LogP contribution is -2.07. The monoisotopic (exact) mass is 311 g/mol. The molecule has 0 aliphatic rings. The van der Waals surface area contributed by atoms with Gasteiger partial charge in [-0.1, -0.05) is 0 Å². The second-order valence-electron chi connectivity index (χ2n) is 4.12. The van der Waals surface area contributed by atoms with Crippen LogP contribution in [-0.4, -0.2) is 18.5 Å². The minimum atomic E-state index is -0.779. The minimum Gasteiger partial charge on any atom is -0.467 e. The van der Waals surface area contributed by atoms with E-state index in [4.69, 9.17) is 18.6 Å². The first-order valence-electron chi connectivity index (χ1n) is 6.18. The molecular formula is C13H13NO8. The van der Waals surface area contributed by atoms with Crippen LogP contribution in [0.5, 0.6) is 5.75 Å². The third-order valence-electron chi connectivity index (χ3n) is 2.59. The van der Waals surface area contributed by atoms with Crippen LogP contribution in [0.3, 0.4) is 0 Å². The highest BCUT2D eigenvalue weighted by atomic mass is 16.7. The molecule has 0 unspecified atom stereocenters. The quantitative estimate of drug-likeness (QED) is 0.314. The Labute approximate surface area is 124 Å². The summed E-state index contributed by atoms with van der Waals surface area (Å²) in [7, 11) is 0. The molecule has 9 nitrogen and oxygen atoms in total. The number of hydrogen-bond acceptors (Lipinski definition) is 8. The van der Waals surface area contributed by atoms with Gasteiger partial charge in [-0.05, 0) is 19.1 Å². The number of aryl methyl sites for hydroxylation is 1. The van der Waals surface area contributed by atoms with E-state index in [-0.39, 0.29) is 25.9 Å². The van der Waals surface area contributed by atoms with Crippen molar-refractivity contribution in [3.63, 3.8) is 0 Å². The van der Waals surface area contributed by atoms with Gasteiger partial charge in [0.1, 0.15) is 18.1 Å². The Balaban J connectivity index is 1.64. The molecule has 0 spiro atoms. The number of benzene rings is 1. The number of ether oxygens (including phenoxy) is 3. The van der Waals surface area contributed by atoms with Crippen LogP contribution in [0.4, 0.5) is 5.69 Å². The van der Waals surface area contributed by atoms with E-state index in [0.29, 0.717) is 17.3 Å². The van der Waals surface area contributed by atoms with Gasteiger partial charge in [0.15, 0.2) is 19.3 Å². The molecule has 0 saturated heterocycles. The Morgan fingerprint density at radius 2 is 1.86 bits per heavy atom. The molecule has 1 heterocycles. The summed E-state index contributed by atoms with van der Waals surface area (Å²) in [4.78, 5) is 20.8. The van der Waals surface area contributed by atoms with Gasteiger partial charge < -0.3 is 23.0 Å². The third-order valence-corrected chi connectivity index (χ3v) is 2.59. The predicted molar refractivity (Wildman–Crippen MR) is 71.3 cm³/mol. The fourth-order valence-electron chi connectivity index (χ4n) is 1.51. The van der Waals surface area contributed by atoms with E-state index in [9.17, 15) is 14.9 Å². The molecule has 0 saturated carbocycles. The number of nitro groups is 1. The molecule has 0 amide bonds. The van der Waals surface area contributed by atoms with Crippen LogP contribution in [0.15, 0.2) is 37.9 Å². The maximum atomic E-state index is 10.8. The molecule has 0 fully saturated rings. The Kier molecular flexibility index (Phi) is 5.28. The van der Waals surface area contributed by atoms with Crippen molar-refractivity contribution >= 4 is 5.69 Å². The molecule has 0 bridgehead atoms. The standard InChI is InChI=1S/C13H13NO8/c1-9-12(22-13(15)21-9)6-18-7-19-8-20-11-4-2-10(3-5-11)14(16)17/h2-5H,6-8H2,1H3. The van der Waals surface area contributed by atoms with Crippen molar-refractivity contribution in [2.45, 2.75) is 13.5 Å². The second kappa shape index (κ2) is 7.38. The highest BCUT2D eigenvalue weighted by Crippen LogP contribution is 2.17. The molecule has 0 aliphatic heterocycles. The van der Waals surface area contributed by atoms with E-state index in [2.05, 4.69) is 4.42 Å². The van der Waals surface area contributed by atoms with Crippen LogP contribution in [0.1, 0.15) is 11.5 Å². The van der Waals surface area contributed by atoms with Gasteiger partial charge in [0, 0.05) is 12.1 Å². The van der Waals surface area contributed by atoms with E-state index in [0.717, 1.165) is 0 Å². The smallest absolute Gasteiger partial charge is 0.467 e. The highest BCUT2D eigenvalue weighted by molar-refractivity contribution is 5.35.